The van der Waals surface area contributed by atoms with Gasteiger partial charge in [-0.1, -0.05) is 64.5 Å². The van der Waals surface area contributed by atoms with Crippen LogP contribution in [0.15, 0.2) is 47.1 Å². The lowest BCUT2D eigenvalue weighted by Gasteiger charge is -2.33. The van der Waals surface area contributed by atoms with Gasteiger partial charge in [0.1, 0.15) is 0 Å². The van der Waals surface area contributed by atoms with Crippen molar-refractivity contribution in [2.45, 2.75) is 60.8 Å². The van der Waals surface area contributed by atoms with Gasteiger partial charge in [0.05, 0.1) is 6.07 Å². The second-order valence-corrected chi connectivity index (χ2v) is 7.63. The van der Waals surface area contributed by atoms with Crippen LogP contribution in [0, 0.1) is 22.2 Å². The molecule has 0 bridgehead atoms. The van der Waals surface area contributed by atoms with E-state index in [4.69, 9.17) is 5.26 Å². The first-order chi connectivity index (χ1) is 9.68. The minimum absolute atomic E-state index is 0.0730. The third kappa shape index (κ3) is 5.05. The second-order valence-electron chi connectivity index (χ2n) is 7.63. The van der Waals surface area contributed by atoms with Crippen molar-refractivity contribution in [3.8, 4) is 6.07 Å². The molecule has 21 heavy (non-hydrogen) atoms. The lowest BCUT2D eigenvalue weighted by Crippen LogP contribution is -2.19. The molecule has 1 rings (SSSR count). The van der Waals surface area contributed by atoms with Crippen LogP contribution in [0.1, 0.15) is 60.8 Å². The first kappa shape index (κ1) is 17.5. The molecule has 0 spiro atoms. The monoisotopic (exact) mass is 283 g/mol. The lowest BCUT2D eigenvalue weighted by molar-refractivity contribution is 0.376. The summed E-state index contributed by atoms with van der Waals surface area (Å²) >= 11 is 0. The fraction of sp³-hybridized carbons (Fsp3) is 0.550. The summed E-state index contributed by atoms with van der Waals surface area (Å²) in [4.78, 5) is 0. The first-order valence-corrected chi connectivity index (χ1v) is 7.84. The third-order valence-corrected chi connectivity index (χ3v) is 4.28. The highest BCUT2D eigenvalue weighted by Gasteiger charge is 2.26. The highest BCUT2D eigenvalue weighted by molar-refractivity contribution is 5.39. The molecule has 0 heterocycles. The maximum absolute atomic E-state index is 8.63. The van der Waals surface area contributed by atoms with E-state index >= 15 is 0 Å². The highest BCUT2D eigenvalue weighted by Crippen LogP contribution is 2.41. The Balaban J connectivity index is 3.12. The summed E-state index contributed by atoms with van der Waals surface area (Å²) in [5, 5.41) is 8.63. The molecule has 0 amide bonds. The average molecular weight is 283 g/mol. The predicted molar refractivity (Wildman–Crippen MR) is 91.8 cm³/mol. The van der Waals surface area contributed by atoms with Gasteiger partial charge in [0.15, 0.2) is 0 Å². The molecule has 0 aliphatic heterocycles. The molecule has 0 aromatic carbocycles. The molecule has 0 aromatic rings. The predicted octanol–water partition coefficient (Wildman–Crippen LogP) is 6.12. The Labute approximate surface area is 130 Å². The zero-order valence-corrected chi connectivity index (χ0v) is 14.5. The summed E-state index contributed by atoms with van der Waals surface area (Å²) in [6.45, 7) is 13.6. The fourth-order valence-corrected chi connectivity index (χ4v) is 2.93. The minimum Gasteiger partial charge on any atom is -0.193 e. The van der Waals surface area contributed by atoms with Gasteiger partial charge in [-0.15, -0.1) is 0 Å². The largest absolute Gasteiger partial charge is 0.193 e. The van der Waals surface area contributed by atoms with Crippen LogP contribution < -0.4 is 0 Å². The van der Waals surface area contributed by atoms with E-state index in [0.717, 1.165) is 0 Å². The van der Waals surface area contributed by atoms with E-state index in [0.29, 0.717) is 0 Å². The van der Waals surface area contributed by atoms with Gasteiger partial charge in [0, 0.05) is 6.08 Å². The van der Waals surface area contributed by atoms with Gasteiger partial charge in [-0.05, 0) is 48.2 Å². The molecule has 1 aliphatic carbocycles. The molecule has 1 heteroatoms. The Morgan fingerprint density at radius 2 is 1.95 bits per heavy atom. The number of allylic oxidation sites excluding steroid dienone is 8. The topological polar surface area (TPSA) is 23.8 Å². The van der Waals surface area contributed by atoms with E-state index in [1.165, 1.54) is 42.1 Å². The number of hydrogen-bond acceptors (Lipinski definition) is 1. The van der Waals surface area contributed by atoms with E-state index in [2.05, 4.69) is 53.7 Å². The van der Waals surface area contributed by atoms with Crippen LogP contribution in [-0.4, -0.2) is 0 Å². The van der Waals surface area contributed by atoms with E-state index in [1.54, 1.807) is 0 Å². The lowest BCUT2D eigenvalue weighted by atomic mass is 9.72. The number of nitriles is 1. The Morgan fingerprint density at radius 1 is 1.29 bits per heavy atom. The van der Waals surface area contributed by atoms with Crippen LogP contribution in [0.2, 0.25) is 0 Å². The van der Waals surface area contributed by atoms with Gasteiger partial charge < -0.3 is 0 Å². The molecule has 0 atom stereocenters. The van der Waals surface area contributed by atoms with Crippen molar-refractivity contribution in [1.29, 1.82) is 5.26 Å². The van der Waals surface area contributed by atoms with Crippen LogP contribution in [0.4, 0.5) is 0 Å². The zero-order chi connectivity index (χ0) is 16.1. The minimum atomic E-state index is 0.0730. The van der Waals surface area contributed by atoms with Crippen molar-refractivity contribution in [1.82, 2.24) is 0 Å². The van der Waals surface area contributed by atoms with Crippen LogP contribution >= 0.6 is 0 Å². The number of rotatable bonds is 3. The van der Waals surface area contributed by atoms with Gasteiger partial charge in [-0.2, -0.15) is 5.26 Å². The van der Waals surface area contributed by atoms with Crippen LogP contribution in [-0.2, 0) is 0 Å². The summed E-state index contributed by atoms with van der Waals surface area (Å²) in [7, 11) is 0. The Bertz CT molecular complexity index is 525. The van der Waals surface area contributed by atoms with E-state index in [9.17, 15) is 0 Å². The van der Waals surface area contributed by atoms with Gasteiger partial charge >= 0.3 is 0 Å². The summed E-state index contributed by atoms with van der Waals surface area (Å²) in [6, 6.07) is 2.04. The second kappa shape index (κ2) is 6.94. The molecule has 0 fully saturated rings. The standard InChI is InChI=1S/C20H29N/c1-16-10-9-14-20(5,6)18(16)13-12-17(19(2,3)4)11-7-8-15-21/h7-8,11-13H,9-10,14H2,1-6H3/b8-7+,13-12+,17-11-. The summed E-state index contributed by atoms with van der Waals surface area (Å²) in [6.07, 6.45) is 13.7. The van der Waals surface area contributed by atoms with Crippen LogP contribution in [0.5, 0.6) is 0 Å². The SMILES string of the molecule is CC1=C(/C=C/C(=C/C=C/C#N)C(C)(C)C)C(C)(C)CCC1. The van der Waals surface area contributed by atoms with Gasteiger partial charge in [-0.25, -0.2) is 0 Å². The summed E-state index contributed by atoms with van der Waals surface area (Å²) < 4.78 is 0. The van der Waals surface area contributed by atoms with Gasteiger partial charge in [0.2, 0.25) is 0 Å². The van der Waals surface area contributed by atoms with Crippen molar-refractivity contribution < 1.29 is 0 Å². The molecule has 0 unspecified atom stereocenters. The fourth-order valence-electron chi connectivity index (χ4n) is 2.93. The summed E-state index contributed by atoms with van der Waals surface area (Å²) in [5.74, 6) is 0. The molecule has 0 radical (unpaired) electrons. The Morgan fingerprint density at radius 3 is 2.48 bits per heavy atom. The molecule has 0 saturated heterocycles. The highest BCUT2D eigenvalue weighted by atomic mass is 14.3. The molecule has 0 N–H and O–H groups in total. The zero-order valence-electron chi connectivity index (χ0n) is 14.5. The van der Waals surface area contributed by atoms with E-state index < -0.39 is 0 Å². The number of nitrogens with zero attached hydrogens (tertiary/aromatic N) is 1. The smallest absolute Gasteiger partial charge is 0.0912 e. The molecule has 1 nitrogen and oxygen atoms in total. The molecular weight excluding hydrogens is 254 g/mol. The average Bonchev–Trinajstić information content (AvgIpc) is 2.34. The molecular formula is C20H29N. The summed E-state index contributed by atoms with van der Waals surface area (Å²) in [5.41, 5.74) is 4.58. The van der Waals surface area contributed by atoms with Crippen molar-refractivity contribution in [3.05, 3.63) is 47.1 Å². The molecule has 0 aromatic heterocycles. The van der Waals surface area contributed by atoms with Gasteiger partial charge in [-0.3, -0.25) is 0 Å². The van der Waals surface area contributed by atoms with E-state index in [-0.39, 0.29) is 10.8 Å². The normalized spacial score (nSPS) is 20.3. The van der Waals surface area contributed by atoms with Crippen molar-refractivity contribution in [2.75, 3.05) is 0 Å². The molecule has 1 aliphatic rings. The number of hydrogen-bond donors (Lipinski definition) is 0. The first-order valence-electron chi connectivity index (χ1n) is 7.84. The Hall–Kier alpha value is -1.55. The maximum atomic E-state index is 8.63. The van der Waals surface area contributed by atoms with Crippen molar-refractivity contribution in [3.63, 3.8) is 0 Å². The molecule has 114 valence electrons. The maximum Gasteiger partial charge on any atom is 0.0912 e. The quantitative estimate of drug-likeness (QED) is 0.452. The third-order valence-electron chi connectivity index (χ3n) is 4.28. The van der Waals surface area contributed by atoms with Crippen molar-refractivity contribution in [2.24, 2.45) is 10.8 Å². The van der Waals surface area contributed by atoms with Crippen LogP contribution in [0.3, 0.4) is 0 Å². The molecule has 0 saturated carbocycles. The van der Waals surface area contributed by atoms with Crippen LogP contribution in [0.25, 0.3) is 0 Å². The van der Waals surface area contributed by atoms with E-state index in [1.807, 2.05) is 18.2 Å². The van der Waals surface area contributed by atoms with Gasteiger partial charge in [0.25, 0.3) is 0 Å². The Kier molecular flexibility index (Phi) is 5.78. The van der Waals surface area contributed by atoms with Crippen molar-refractivity contribution >= 4 is 0 Å².